The van der Waals surface area contributed by atoms with Crippen LogP contribution in [0.25, 0.3) is 0 Å². The van der Waals surface area contributed by atoms with Crippen molar-refractivity contribution in [3.05, 3.63) is 29.8 Å². The number of hydrogen-bond donors (Lipinski definition) is 0. The second kappa shape index (κ2) is 6.10. The van der Waals surface area contributed by atoms with E-state index in [4.69, 9.17) is 4.74 Å². The molecule has 0 aliphatic rings. The lowest BCUT2D eigenvalue weighted by Gasteiger charge is -2.04. The van der Waals surface area contributed by atoms with Crippen LogP contribution >= 0.6 is 0 Å². The molecule has 1 heteroatoms. The fourth-order valence-corrected chi connectivity index (χ4v) is 1.17. The van der Waals surface area contributed by atoms with Gasteiger partial charge >= 0.3 is 0 Å². The van der Waals surface area contributed by atoms with Crippen molar-refractivity contribution >= 4 is 0 Å². The molecule has 0 heterocycles. The lowest BCUT2D eigenvalue weighted by molar-refractivity contribution is 0.327. The molecule has 14 heavy (non-hydrogen) atoms. The molecule has 1 aromatic rings. The SMILES string of the molecule is CC#CCCOc1ccc(CC)cc1. The predicted molar refractivity (Wildman–Crippen MR) is 59.4 cm³/mol. The van der Waals surface area contributed by atoms with Crippen LogP contribution in [0.2, 0.25) is 0 Å². The maximum atomic E-state index is 5.51. The summed E-state index contributed by atoms with van der Waals surface area (Å²) in [6, 6.07) is 8.22. The highest BCUT2D eigenvalue weighted by atomic mass is 16.5. The Bertz CT molecular complexity index is 313. The van der Waals surface area contributed by atoms with Gasteiger partial charge in [-0.05, 0) is 31.0 Å². The summed E-state index contributed by atoms with van der Waals surface area (Å²) < 4.78 is 5.51. The smallest absolute Gasteiger partial charge is 0.119 e. The molecule has 0 aliphatic heterocycles. The van der Waals surface area contributed by atoms with Crippen molar-refractivity contribution in [1.82, 2.24) is 0 Å². The molecule has 0 unspecified atom stereocenters. The van der Waals surface area contributed by atoms with Gasteiger partial charge in [-0.2, -0.15) is 0 Å². The van der Waals surface area contributed by atoms with Crippen LogP contribution in [-0.2, 0) is 6.42 Å². The van der Waals surface area contributed by atoms with Gasteiger partial charge in [-0.25, -0.2) is 0 Å². The Morgan fingerprint density at radius 1 is 1.21 bits per heavy atom. The van der Waals surface area contributed by atoms with Gasteiger partial charge in [-0.3, -0.25) is 0 Å². The zero-order valence-corrected chi connectivity index (χ0v) is 8.84. The van der Waals surface area contributed by atoms with E-state index in [2.05, 4.69) is 30.9 Å². The first kappa shape index (κ1) is 10.7. The summed E-state index contributed by atoms with van der Waals surface area (Å²) in [7, 11) is 0. The van der Waals surface area contributed by atoms with Crippen molar-refractivity contribution in [3.8, 4) is 17.6 Å². The Morgan fingerprint density at radius 2 is 1.93 bits per heavy atom. The maximum absolute atomic E-state index is 5.51. The van der Waals surface area contributed by atoms with Crippen LogP contribution in [0.3, 0.4) is 0 Å². The summed E-state index contributed by atoms with van der Waals surface area (Å²) >= 11 is 0. The van der Waals surface area contributed by atoms with E-state index in [-0.39, 0.29) is 0 Å². The third kappa shape index (κ3) is 3.53. The quantitative estimate of drug-likeness (QED) is 0.521. The predicted octanol–water partition coefficient (Wildman–Crippen LogP) is 3.04. The first-order valence-electron chi connectivity index (χ1n) is 4.98. The van der Waals surface area contributed by atoms with Crippen LogP contribution in [0.5, 0.6) is 5.75 Å². The Kier molecular flexibility index (Phi) is 4.64. The van der Waals surface area contributed by atoms with E-state index in [0.717, 1.165) is 18.6 Å². The van der Waals surface area contributed by atoms with Gasteiger partial charge < -0.3 is 4.74 Å². The second-order valence-corrected chi connectivity index (χ2v) is 3.02. The summed E-state index contributed by atoms with van der Waals surface area (Å²) in [6.45, 7) is 4.66. The highest BCUT2D eigenvalue weighted by molar-refractivity contribution is 5.27. The lowest BCUT2D eigenvalue weighted by atomic mass is 10.2. The van der Waals surface area contributed by atoms with Gasteiger partial charge in [0, 0.05) is 6.42 Å². The minimum absolute atomic E-state index is 0.673. The minimum Gasteiger partial charge on any atom is -0.493 e. The summed E-state index contributed by atoms with van der Waals surface area (Å²) in [5.74, 6) is 6.74. The molecule has 74 valence electrons. The molecule has 0 aliphatic carbocycles. The molecule has 0 N–H and O–H groups in total. The molecule has 1 rings (SSSR count). The zero-order chi connectivity index (χ0) is 10.2. The molecule has 0 spiro atoms. The molecule has 0 saturated carbocycles. The average Bonchev–Trinajstić information content (AvgIpc) is 2.25. The van der Waals surface area contributed by atoms with E-state index in [0.29, 0.717) is 6.61 Å². The maximum Gasteiger partial charge on any atom is 0.119 e. The Morgan fingerprint density at radius 3 is 2.50 bits per heavy atom. The first-order valence-corrected chi connectivity index (χ1v) is 4.98. The molecule has 0 bridgehead atoms. The minimum atomic E-state index is 0.673. The summed E-state index contributed by atoms with van der Waals surface area (Å²) in [5.41, 5.74) is 1.34. The first-order chi connectivity index (χ1) is 6.86. The normalized spacial score (nSPS) is 9.00. The molecule has 0 amide bonds. The molecule has 1 nitrogen and oxygen atoms in total. The van der Waals surface area contributed by atoms with Crippen molar-refractivity contribution in [3.63, 3.8) is 0 Å². The summed E-state index contributed by atoms with van der Waals surface area (Å²) in [6.07, 6.45) is 1.87. The molecule has 0 radical (unpaired) electrons. The highest BCUT2D eigenvalue weighted by Crippen LogP contribution is 2.12. The fourth-order valence-electron chi connectivity index (χ4n) is 1.17. The third-order valence-electron chi connectivity index (χ3n) is 2.00. The van der Waals surface area contributed by atoms with Crippen LogP contribution in [0.4, 0.5) is 0 Å². The molecule has 0 saturated heterocycles. The van der Waals surface area contributed by atoms with Crippen molar-refractivity contribution in [2.24, 2.45) is 0 Å². The Balaban J connectivity index is 2.38. The number of hydrogen-bond acceptors (Lipinski definition) is 1. The van der Waals surface area contributed by atoms with Crippen LogP contribution in [-0.4, -0.2) is 6.61 Å². The number of ether oxygens (including phenoxy) is 1. The van der Waals surface area contributed by atoms with Crippen molar-refractivity contribution in [2.75, 3.05) is 6.61 Å². The van der Waals surface area contributed by atoms with Gasteiger partial charge in [0.2, 0.25) is 0 Å². The standard InChI is InChI=1S/C13H16O/c1-3-5-6-11-14-13-9-7-12(4-2)8-10-13/h7-10H,4,6,11H2,1-2H3. The highest BCUT2D eigenvalue weighted by Gasteiger charge is 1.92. The summed E-state index contributed by atoms with van der Waals surface area (Å²) in [4.78, 5) is 0. The van der Waals surface area contributed by atoms with Crippen LogP contribution in [0, 0.1) is 11.8 Å². The van der Waals surface area contributed by atoms with Gasteiger partial charge in [-0.1, -0.05) is 19.1 Å². The van der Waals surface area contributed by atoms with Crippen LogP contribution < -0.4 is 4.74 Å². The largest absolute Gasteiger partial charge is 0.493 e. The molecular weight excluding hydrogens is 172 g/mol. The fraction of sp³-hybridized carbons (Fsp3) is 0.385. The lowest BCUT2D eigenvalue weighted by Crippen LogP contribution is -1.95. The molecular formula is C13H16O. The number of benzene rings is 1. The van der Waals surface area contributed by atoms with Gasteiger partial charge in [0.05, 0.1) is 6.61 Å². The average molecular weight is 188 g/mol. The Labute approximate surface area is 86.1 Å². The van der Waals surface area contributed by atoms with Crippen LogP contribution in [0.15, 0.2) is 24.3 Å². The van der Waals surface area contributed by atoms with E-state index < -0.39 is 0 Å². The van der Waals surface area contributed by atoms with Crippen molar-refractivity contribution in [1.29, 1.82) is 0 Å². The summed E-state index contributed by atoms with van der Waals surface area (Å²) in [5, 5.41) is 0. The van der Waals surface area contributed by atoms with Crippen molar-refractivity contribution in [2.45, 2.75) is 26.7 Å². The number of aryl methyl sites for hydroxylation is 1. The second-order valence-electron chi connectivity index (χ2n) is 3.02. The van der Waals surface area contributed by atoms with E-state index in [1.54, 1.807) is 0 Å². The zero-order valence-electron chi connectivity index (χ0n) is 8.84. The molecule has 0 fully saturated rings. The molecule has 0 aromatic heterocycles. The van der Waals surface area contributed by atoms with Gasteiger partial charge in [0.15, 0.2) is 0 Å². The van der Waals surface area contributed by atoms with Crippen LogP contribution in [0.1, 0.15) is 25.8 Å². The van der Waals surface area contributed by atoms with Crippen molar-refractivity contribution < 1.29 is 4.74 Å². The third-order valence-corrected chi connectivity index (χ3v) is 2.00. The van der Waals surface area contributed by atoms with E-state index in [1.807, 2.05) is 19.1 Å². The van der Waals surface area contributed by atoms with E-state index in [1.165, 1.54) is 5.56 Å². The van der Waals surface area contributed by atoms with E-state index in [9.17, 15) is 0 Å². The van der Waals surface area contributed by atoms with Gasteiger partial charge in [0.1, 0.15) is 5.75 Å². The number of rotatable bonds is 4. The topological polar surface area (TPSA) is 9.23 Å². The molecule has 0 atom stereocenters. The Hall–Kier alpha value is -1.42. The monoisotopic (exact) mass is 188 g/mol. The molecule has 1 aromatic carbocycles. The van der Waals surface area contributed by atoms with Gasteiger partial charge in [0.25, 0.3) is 0 Å². The van der Waals surface area contributed by atoms with Gasteiger partial charge in [-0.15, -0.1) is 11.8 Å². The van der Waals surface area contributed by atoms with E-state index >= 15 is 0 Å².